The smallest absolute Gasteiger partial charge is 0.338 e. The molecule has 3 N–H and O–H groups in total. The van der Waals surface area contributed by atoms with E-state index in [0.29, 0.717) is 11.3 Å². The van der Waals surface area contributed by atoms with Gasteiger partial charge in [0.2, 0.25) is 5.91 Å². The van der Waals surface area contributed by atoms with Crippen molar-refractivity contribution in [1.82, 2.24) is 5.32 Å². The van der Waals surface area contributed by atoms with Gasteiger partial charge < -0.3 is 15.8 Å². The lowest BCUT2D eigenvalue weighted by Crippen LogP contribution is -2.35. The van der Waals surface area contributed by atoms with E-state index in [4.69, 9.17) is 10.5 Å². The summed E-state index contributed by atoms with van der Waals surface area (Å²) in [4.78, 5) is 35.4. The van der Waals surface area contributed by atoms with Crippen LogP contribution in [0.3, 0.4) is 0 Å². The number of nitrogens with two attached hydrogens (primary N) is 1. The quantitative estimate of drug-likeness (QED) is 0.536. The van der Waals surface area contributed by atoms with Crippen LogP contribution >= 0.6 is 11.8 Å². The Balaban J connectivity index is 1.91. The van der Waals surface area contributed by atoms with Crippen LogP contribution in [-0.2, 0) is 20.1 Å². The van der Waals surface area contributed by atoms with Crippen LogP contribution in [0.1, 0.15) is 27.0 Å². The summed E-state index contributed by atoms with van der Waals surface area (Å²) in [5.74, 6) is -1.13. The molecule has 0 radical (unpaired) electrons. The van der Waals surface area contributed by atoms with Crippen LogP contribution < -0.4 is 11.1 Å². The third-order valence-corrected chi connectivity index (χ3v) is 4.93. The first-order chi connectivity index (χ1) is 12.8. The van der Waals surface area contributed by atoms with Crippen molar-refractivity contribution in [2.45, 2.75) is 24.5 Å². The van der Waals surface area contributed by atoms with Crippen molar-refractivity contribution in [2.24, 2.45) is 5.73 Å². The van der Waals surface area contributed by atoms with Crippen LogP contribution in [0.15, 0.2) is 47.4 Å². The van der Waals surface area contributed by atoms with Gasteiger partial charge in [0.25, 0.3) is 5.91 Å². The number of aryl methyl sites for hydroxylation is 2. The van der Waals surface area contributed by atoms with Crippen LogP contribution in [0, 0.1) is 13.8 Å². The molecule has 0 atom stereocenters. The predicted molar refractivity (Wildman–Crippen MR) is 104 cm³/mol. The molecule has 2 aromatic carbocycles. The maximum Gasteiger partial charge on any atom is 0.338 e. The SMILES string of the molecule is Cc1ccc(SCc2cccc(C(=O)OCC(=O)NCC(N)=O)c2)c(C)c1. The lowest BCUT2D eigenvalue weighted by atomic mass is 10.1. The van der Waals surface area contributed by atoms with Crippen molar-refractivity contribution in [1.29, 1.82) is 0 Å². The molecule has 0 bridgehead atoms. The lowest BCUT2D eigenvalue weighted by Gasteiger charge is -2.08. The number of carbonyl (C=O) groups excluding carboxylic acids is 3. The van der Waals surface area contributed by atoms with E-state index in [2.05, 4.69) is 37.4 Å². The van der Waals surface area contributed by atoms with Crippen LogP contribution in [-0.4, -0.2) is 30.9 Å². The highest BCUT2D eigenvalue weighted by atomic mass is 32.2. The first-order valence-corrected chi connectivity index (χ1v) is 9.35. The molecule has 2 rings (SSSR count). The molecule has 0 aromatic heterocycles. The highest BCUT2D eigenvalue weighted by Crippen LogP contribution is 2.27. The van der Waals surface area contributed by atoms with Gasteiger partial charge in [-0.15, -0.1) is 11.8 Å². The third kappa shape index (κ3) is 6.79. The van der Waals surface area contributed by atoms with Gasteiger partial charge in [-0.1, -0.05) is 29.8 Å². The Morgan fingerprint density at radius 3 is 2.59 bits per heavy atom. The Hall–Kier alpha value is -2.80. The van der Waals surface area contributed by atoms with Gasteiger partial charge in [0.15, 0.2) is 6.61 Å². The Bertz CT molecular complexity index is 852. The summed E-state index contributed by atoms with van der Waals surface area (Å²) in [7, 11) is 0. The minimum atomic E-state index is -0.663. The number of hydrogen-bond acceptors (Lipinski definition) is 5. The fourth-order valence-corrected chi connectivity index (χ4v) is 3.31. The van der Waals surface area contributed by atoms with E-state index in [-0.39, 0.29) is 6.54 Å². The Kier molecular flexibility index (Phi) is 7.43. The molecule has 0 fully saturated rings. The van der Waals surface area contributed by atoms with Crippen molar-refractivity contribution in [3.8, 4) is 0 Å². The Labute approximate surface area is 162 Å². The van der Waals surface area contributed by atoms with Crippen LogP contribution in [0.5, 0.6) is 0 Å². The van der Waals surface area contributed by atoms with Crippen molar-refractivity contribution in [2.75, 3.05) is 13.2 Å². The molecule has 142 valence electrons. The monoisotopic (exact) mass is 386 g/mol. The zero-order valence-corrected chi connectivity index (χ0v) is 16.1. The molecule has 2 amide bonds. The highest BCUT2D eigenvalue weighted by molar-refractivity contribution is 7.98. The standard InChI is InChI=1S/C20H22N2O4S/c1-13-6-7-17(14(2)8-13)27-12-15-4-3-5-16(9-15)20(25)26-11-19(24)22-10-18(21)23/h3-9H,10-12H2,1-2H3,(H2,21,23)(H,22,24). The topological polar surface area (TPSA) is 98.5 Å². The number of hydrogen-bond donors (Lipinski definition) is 2. The van der Waals surface area contributed by atoms with E-state index >= 15 is 0 Å². The maximum absolute atomic E-state index is 12.1. The van der Waals surface area contributed by atoms with Crippen molar-refractivity contribution >= 4 is 29.5 Å². The van der Waals surface area contributed by atoms with Crippen molar-refractivity contribution in [3.63, 3.8) is 0 Å². The van der Waals surface area contributed by atoms with Gasteiger partial charge in [0.05, 0.1) is 12.1 Å². The van der Waals surface area contributed by atoms with Gasteiger partial charge in [-0.2, -0.15) is 0 Å². The van der Waals surface area contributed by atoms with Crippen LogP contribution in [0.25, 0.3) is 0 Å². The summed E-state index contributed by atoms with van der Waals surface area (Å²) >= 11 is 1.70. The molecule has 27 heavy (non-hydrogen) atoms. The summed E-state index contributed by atoms with van der Waals surface area (Å²) in [5, 5.41) is 2.25. The molecule has 0 heterocycles. The van der Waals surface area contributed by atoms with Crippen molar-refractivity contribution in [3.05, 3.63) is 64.7 Å². The summed E-state index contributed by atoms with van der Waals surface area (Å²) in [6, 6.07) is 13.4. The van der Waals surface area contributed by atoms with Gasteiger partial charge in [-0.3, -0.25) is 9.59 Å². The summed E-state index contributed by atoms with van der Waals surface area (Å²) in [6.45, 7) is 3.38. The number of amides is 2. The van der Waals surface area contributed by atoms with Gasteiger partial charge >= 0.3 is 5.97 Å². The summed E-state index contributed by atoms with van der Waals surface area (Å²) in [6.07, 6.45) is 0. The summed E-state index contributed by atoms with van der Waals surface area (Å²) in [5.41, 5.74) is 8.72. The number of benzene rings is 2. The minimum Gasteiger partial charge on any atom is -0.452 e. The number of thioether (sulfide) groups is 1. The lowest BCUT2D eigenvalue weighted by molar-refractivity contribution is -0.127. The second-order valence-electron chi connectivity index (χ2n) is 6.08. The van der Waals surface area contributed by atoms with Crippen LogP contribution in [0.2, 0.25) is 0 Å². The van der Waals surface area contributed by atoms with Gasteiger partial charge in [-0.25, -0.2) is 4.79 Å². The molecule has 0 unspecified atom stereocenters. The molecular formula is C20H22N2O4S. The molecule has 0 aliphatic rings. The minimum absolute atomic E-state index is 0.290. The van der Waals surface area contributed by atoms with Gasteiger partial charge in [0.1, 0.15) is 0 Å². The largest absolute Gasteiger partial charge is 0.452 e. The first kappa shape index (κ1) is 20.5. The third-order valence-electron chi connectivity index (χ3n) is 3.68. The zero-order valence-electron chi connectivity index (χ0n) is 15.3. The van der Waals surface area contributed by atoms with Gasteiger partial charge in [0, 0.05) is 10.6 Å². The number of carbonyl (C=O) groups is 3. The van der Waals surface area contributed by atoms with E-state index in [1.807, 2.05) is 6.07 Å². The molecule has 0 aliphatic heterocycles. The van der Waals surface area contributed by atoms with E-state index in [1.165, 1.54) is 16.0 Å². The number of rotatable bonds is 8. The maximum atomic E-state index is 12.1. The second kappa shape index (κ2) is 9.78. The van der Waals surface area contributed by atoms with E-state index in [0.717, 1.165) is 5.56 Å². The Morgan fingerprint density at radius 2 is 1.89 bits per heavy atom. The fraction of sp³-hybridized carbons (Fsp3) is 0.250. The molecule has 2 aromatic rings. The average molecular weight is 386 g/mol. The molecular weight excluding hydrogens is 364 g/mol. The number of esters is 1. The molecule has 0 aliphatic carbocycles. The molecule has 0 saturated heterocycles. The zero-order chi connectivity index (χ0) is 19.8. The highest BCUT2D eigenvalue weighted by Gasteiger charge is 2.11. The van der Waals surface area contributed by atoms with Crippen LogP contribution in [0.4, 0.5) is 0 Å². The number of ether oxygens (including phenoxy) is 1. The fourth-order valence-electron chi connectivity index (χ4n) is 2.36. The molecule has 7 heteroatoms. The van der Waals surface area contributed by atoms with E-state index in [1.54, 1.807) is 30.0 Å². The normalized spacial score (nSPS) is 10.3. The molecule has 6 nitrogen and oxygen atoms in total. The van der Waals surface area contributed by atoms with Gasteiger partial charge in [-0.05, 0) is 43.2 Å². The van der Waals surface area contributed by atoms with Crippen molar-refractivity contribution < 1.29 is 19.1 Å². The number of primary amides is 1. The first-order valence-electron chi connectivity index (χ1n) is 8.36. The molecule has 0 spiro atoms. The van der Waals surface area contributed by atoms with E-state index in [9.17, 15) is 14.4 Å². The second-order valence-corrected chi connectivity index (χ2v) is 7.09. The van der Waals surface area contributed by atoms with E-state index < -0.39 is 24.4 Å². The Morgan fingerprint density at radius 1 is 1.11 bits per heavy atom. The summed E-state index contributed by atoms with van der Waals surface area (Å²) < 4.78 is 4.96. The number of nitrogens with one attached hydrogen (secondary N) is 1. The molecule has 0 saturated carbocycles. The predicted octanol–water partition coefficient (Wildman–Crippen LogP) is 2.35. The average Bonchev–Trinajstić information content (AvgIpc) is 2.64.